The van der Waals surface area contributed by atoms with Gasteiger partial charge in [0.25, 0.3) is 0 Å². The number of aliphatic hydroxyl groups is 1. The predicted molar refractivity (Wildman–Crippen MR) is 75.9 cm³/mol. The molecule has 1 N–H and O–H groups in total. The van der Waals surface area contributed by atoms with Crippen LogP contribution in [0, 0.1) is 0 Å². The minimum Gasteiger partial charge on any atom is -0.408 e. The first-order valence-electron chi connectivity index (χ1n) is 6.56. The molecule has 0 bridgehead atoms. The molecule has 3 nitrogen and oxygen atoms in total. The number of alkyl halides is 1. The Hall–Kier alpha value is 0.0918. The van der Waals surface area contributed by atoms with Crippen molar-refractivity contribution in [3.8, 4) is 0 Å². The molecule has 0 aliphatic carbocycles. The van der Waals surface area contributed by atoms with Gasteiger partial charge in [0.05, 0.1) is 12.6 Å². The van der Waals surface area contributed by atoms with Crippen molar-refractivity contribution in [1.82, 2.24) is 0 Å². The summed E-state index contributed by atoms with van der Waals surface area (Å²) in [7, 11) is -0.385. The van der Waals surface area contributed by atoms with Gasteiger partial charge in [-0.1, -0.05) is 20.8 Å². The molecule has 0 aromatic carbocycles. The monoisotopic (exact) mass is 276 g/mol. The van der Waals surface area contributed by atoms with Crippen LogP contribution in [0.15, 0.2) is 0 Å². The van der Waals surface area contributed by atoms with Gasteiger partial charge in [-0.15, -0.1) is 0 Å². The first kappa shape index (κ1) is 16.1. The Labute approximate surface area is 112 Å². The van der Waals surface area contributed by atoms with Gasteiger partial charge in [-0.05, 0) is 25.1 Å². The summed E-state index contributed by atoms with van der Waals surface area (Å²) in [5, 5.41) is 9.34. The van der Waals surface area contributed by atoms with Crippen molar-refractivity contribution in [3.63, 3.8) is 0 Å². The summed E-state index contributed by atoms with van der Waals surface area (Å²) in [5.74, 6) is 0. The minimum atomic E-state index is -2.08. The molecule has 106 valence electrons. The highest BCUT2D eigenvalue weighted by molar-refractivity contribution is 6.74. The van der Waals surface area contributed by atoms with Crippen molar-refractivity contribution in [1.29, 1.82) is 0 Å². The van der Waals surface area contributed by atoms with Crippen molar-refractivity contribution in [2.24, 2.45) is 0 Å². The molecule has 6 heteroatoms. The topological polar surface area (TPSA) is 38.7 Å². The molecule has 0 spiro atoms. The van der Waals surface area contributed by atoms with Crippen LogP contribution in [-0.2, 0) is 9.16 Å². The third-order valence-corrected chi connectivity index (χ3v) is 8.93. The van der Waals surface area contributed by atoms with Crippen LogP contribution in [-0.4, -0.2) is 51.8 Å². The molecular formula is C12H26BFO3Si. The highest BCUT2D eigenvalue weighted by Crippen LogP contribution is 2.43. The molecule has 0 unspecified atom stereocenters. The molecule has 0 saturated carbocycles. The van der Waals surface area contributed by atoms with E-state index in [-0.39, 0.29) is 11.6 Å². The first-order chi connectivity index (χ1) is 7.93. The summed E-state index contributed by atoms with van der Waals surface area (Å²) in [6, 6.07) is -0.551. The molecule has 0 amide bonds. The van der Waals surface area contributed by atoms with Crippen LogP contribution in [0.25, 0.3) is 0 Å². The molecule has 1 aliphatic heterocycles. The maximum Gasteiger partial charge on any atom is 0.192 e. The summed E-state index contributed by atoms with van der Waals surface area (Å²) in [5.41, 5.74) is -1.55. The van der Waals surface area contributed by atoms with Crippen LogP contribution in [0.1, 0.15) is 27.7 Å². The fourth-order valence-electron chi connectivity index (χ4n) is 1.89. The second-order valence-corrected chi connectivity index (χ2v) is 11.7. The lowest BCUT2D eigenvalue weighted by molar-refractivity contribution is -0.00489. The maximum absolute atomic E-state index is 14.7. The zero-order valence-electron chi connectivity index (χ0n) is 12.6. The third-order valence-electron chi connectivity index (χ3n) is 4.48. The van der Waals surface area contributed by atoms with Gasteiger partial charge in [0.15, 0.2) is 14.0 Å². The van der Waals surface area contributed by atoms with Gasteiger partial charge in [0.2, 0.25) is 0 Å². The second-order valence-electron chi connectivity index (χ2n) is 6.95. The number of rotatable bonds is 3. The van der Waals surface area contributed by atoms with Gasteiger partial charge in [0.1, 0.15) is 20.1 Å². The molecule has 1 heterocycles. The molecular weight excluding hydrogens is 250 g/mol. The number of halogens is 1. The third kappa shape index (κ3) is 2.81. The minimum absolute atomic E-state index is 0.00884. The molecule has 1 fully saturated rings. The second kappa shape index (κ2) is 4.89. The molecule has 4 atom stereocenters. The van der Waals surface area contributed by atoms with E-state index < -0.39 is 32.2 Å². The van der Waals surface area contributed by atoms with Gasteiger partial charge in [-0.25, -0.2) is 4.39 Å². The highest BCUT2D eigenvalue weighted by atomic mass is 28.4. The van der Waals surface area contributed by atoms with E-state index in [0.29, 0.717) is 0 Å². The van der Waals surface area contributed by atoms with E-state index in [1.807, 2.05) is 0 Å². The molecule has 0 radical (unpaired) electrons. The van der Waals surface area contributed by atoms with Crippen LogP contribution in [0.4, 0.5) is 4.39 Å². The highest BCUT2D eigenvalue weighted by Gasteiger charge is 2.55. The fraction of sp³-hybridized carbons (Fsp3) is 1.00. The average molecular weight is 276 g/mol. The SMILES string of the molecule is B[C@@H]1O[C@H](CO)[C@@H](O[Si](C)(C)C(C)(C)C)[C@@]1(C)F. The van der Waals surface area contributed by atoms with Gasteiger partial charge in [-0.2, -0.15) is 0 Å². The molecule has 1 rings (SSSR count). The number of hydrogen-bond donors (Lipinski definition) is 1. The van der Waals surface area contributed by atoms with Gasteiger partial charge < -0.3 is 14.3 Å². The summed E-state index contributed by atoms with van der Waals surface area (Å²) >= 11 is 0. The lowest BCUT2D eigenvalue weighted by Crippen LogP contribution is -2.53. The lowest BCUT2D eigenvalue weighted by atomic mass is 9.83. The van der Waals surface area contributed by atoms with Gasteiger partial charge in [0, 0.05) is 0 Å². The fourth-order valence-corrected chi connectivity index (χ4v) is 3.26. The van der Waals surface area contributed by atoms with Crippen molar-refractivity contribution in [2.45, 2.75) is 69.7 Å². The molecule has 0 aromatic heterocycles. The van der Waals surface area contributed by atoms with Crippen LogP contribution in [0.3, 0.4) is 0 Å². The zero-order valence-corrected chi connectivity index (χ0v) is 13.6. The van der Waals surface area contributed by atoms with Crippen molar-refractivity contribution < 1.29 is 18.7 Å². The van der Waals surface area contributed by atoms with E-state index in [0.717, 1.165) is 0 Å². The Bertz CT molecular complexity index is 304. The Kier molecular flexibility index (Phi) is 4.38. The summed E-state index contributed by atoms with van der Waals surface area (Å²) in [4.78, 5) is 0. The molecule has 0 aromatic rings. The number of aliphatic hydroxyl groups excluding tert-OH is 1. The molecule has 1 saturated heterocycles. The van der Waals surface area contributed by atoms with E-state index in [4.69, 9.17) is 9.16 Å². The molecule has 1 aliphatic rings. The first-order valence-corrected chi connectivity index (χ1v) is 9.47. The van der Waals surface area contributed by atoms with E-state index in [1.165, 1.54) is 6.92 Å². The quantitative estimate of drug-likeness (QED) is 0.793. The zero-order chi connectivity index (χ0) is 14.4. The van der Waals surface area contributed by atoms with Gasteiger partial charge >= 0.3 is 0 Å². The number of hydrogen-bond acceptors (Lipinski definition) is 3. The normalized spacial score (nSPS) is 38.1. The van der Waals surface area contributed by atoms with Crippen molar-refractivity contribution in [2.75, 3.05) is 6.61 Å². The standard InChI is InChI=1S/C12H26BFO3Si/c1-11(2,3)18(5,6)17-9-8(7-15)16-10(13)12(9,4)14/h8-10,15H,7,13H2,1-6H3/t8-,9-,10-,12-/m1/s1. The smallest absolute Gasteiger partial charge is 0.192 e. The Morgan fingerprint density at radius 1 is 1.44 bits per heavy atom. The van der Waals surface area contributed by atoms with Crippen LogP contribution < -0.4 is 0 Å². The Morgan fingerprint density at radius 3 is 2.33 bits per heavy atom. The van der Waals surface area contributed by atoms with E-state index in [1.54, 1.807) is 7.85 Å². The van der Waals surface area contributed by atoms with Crippen LogP contribution in [0.2, 0.25) is 18.1 Å². The maximum atomic E-state index is 14.7. The molecule has 18 heavy (non-hydrogen) atoms. The Morgan fingerprint density at radius 2 is 1.94 bits per heavy atom. The van der Waals surface area contributed by atoms with Crippen LogP contribution in [0.5, 0.6) is 0 Å². The van der Waals surface area contributed by atoms with E-state index >= 15 is 0 Å². The predicted octanol–water partition coefficient (Wildman–Crippen LogP) is 1.46. The van der Waals surface area contributed by atoms with Gasteiger partial charge in [-0.3, -0.25) is 0 Å². The van der Waals surface area contributed by atoms with Crippen molar-refractivity contribution in [3.05, 3.63) is 0 Å². The largest absolute Gasteiger partial charge is 0.408 e. The summed E-state index contributed by atoms with van der Waals surface area (Å²) in [6.07, 6.45) is -1.25. The van der Waals surface area contributed by atoms with Crippen molar-refractivity contribution >= 4 is 16.2 Å². The lowest BCUT2D eigenvalue weighted by Gasteiger charge is -2.41. The average Bonchev–Trinajstić information content (AvgIpc) is 2.39. The Balaban J connectivity index is 2.94. The number of ether oxygens (including phenoxy) is 1. The summed E-state index contributed by atoms with van der Waals surface area (Å²) in [6.45, 7) is 11.8. The summed E-state index contributed by atoms with van der Waals surface area (Å²) < 4.78 is 26.3. The van der Waals surface area contributed by atoms with E-state index in [9.17, 15) is 9.50 Å². The van der Waals surface area contributed by atoms with E-state index in [2.05, 4.69) is 33.9 Å². The van der Waals surface area contributed by atoms with Crippen LogP contribution >= 0.6 is 0 Å².